The first-order chi connectivity index (χ1) is 9.51. The van der Waals surface area contributed by atoms with Crippen LogP contribution in [-0.4, -0.2) is 4.92 Å². The molecule has 0 N–H and O–H groups in total. The van der Waals surface area contributed by atoms with E-state index in [0.717, 1.165) is 5.56 Å². The second-order valence-electron chi connectivity index (χ2n) is 4.43. The van der Waals surface area contributed by atoms with Crippen molar-refractivity contribution in [2.45, 2.75) is 13.8 Å². The minimum absolute atomic E-state index is 0.0631. The van der Waals surface area contributed by atoms with Gasteiger partial charge in [-0.1, -0.05) is 6.07 Å². The van der Waals surface area contributed by atoms with E-state index in [1.165, 1.54) is 6.07 Å². The summed E-state index contributed by atoms with van der Waals surface area (Å²) in [5, 5.41) is 19.8. The van der Waals surface area contributed by atoms with Crippen LogP contribution in [0.15, 0.2) is 36.4 Å². The van der Waals surface area contributed by atoms with Gasteiger partial charge in [0.1, 0.15) is 5.75 Å². The van der Waals surface area contributed by atoms with Gasteiger partial charge in [0.15, 0.2) is 0 Å². The Hall–Kier alpha value is -2.87. The molecule has 2 aromatic carbocycles. The third kappa shape index (κ3) is 2.75. The maximum absolute atomic E-state index is 11.1. The summed E-state index contributed by atoms with van der Waals surface area (Å²) >= 11 is 0. The zero-order valence-corrected chi connectivity index (χ0v) is 11.1. The van der Waals surface area contributed by atoms with Gasteiger partial charge in [-0.3, -0.25) is 10.1 Å². The summed E-state index contributed by atoms with van der Waals surface area (Å²) in [6.07, 6.45) is 0. The minimum Gasteiger partial charge on any atom is -0.450 e. The fraction of sp³-hybridized carbons (Fsp3) is 0.133. The molecule has 0 saturated carbocycles. The van der Waals surface area contributed by atoms with Gasteiger partial charge >= 0.3 is 5.69 Å². The van der Waals surface area contributed by atoms with Crippen molar-refractivity contribution in [3.05, 3.63) is 63.2 Å². The van der Waals surface area contributed by atoms with Crippen LogP contribution in [0.1, 0.15) is 16.7 Å². The minimum atomic E-state index is -0.459. The summed E-state index contributed by atoms with van der Waals surface area (Å²) in [4.78, 5) is 10.6. The van der Waals surface area contributed by atoms with Gasteiger partial charge in [0, 0.05) is 6.07 Å². The molecule has 0 heterocycles. The van der Waals surface area contributed by atoms with Crippen molar-refractivity contribution in [2.24, 2.45) is 0 Å². The van der Waals surface area contributed by atoms with Gasteiger partial charge in [-0.15, -0.1) is 0 Å². The van der Waals surface area contributed by atoms with Gasteiger partial charge in [0.05, 0.1) is 16.6 Å². The highest BCUT2D eigenvalue weighted by Crippen LogP contribution is 2.35. The molecule has 0 fully saturated rings. The predicted molar refractivity (Wildman–Crippen MR) is 73.8 cm³/mol. The highest BCUT2D eigenvalue weighted by atomic mass is 16.6. The molecule has 0 aliphatic carbocycles. The van der Waals surface area contributed by atoms with E-state index >= 15 is 0 Å². The monoisotopic (exact) mass is 268 g/mol. The van der Waals surface area contributed by atoms with Crippen molar-refractivity contribution < 1.29 is 9.66 Å². The first-order valence-electron chi connectivity index (χ1n) is 5.95. The van der Waals surface area contributed by atoms with Crippen LogP contribution in [0.4, 0.5) is 5.69 Å². The molecule has 0 amide bonds. The van der Waals surface area contributed by atoms with Crippen LogP contribution in [-0.2, 0) is 0 Å². The number of benzene rings is 2. The average molecular weight is 268 g/mol. The summed E-state index contributed by atoms with van der Waals surface area (Å²) in [6, 6.07) is 11.7. The zero-order chi connectivity index (χ0) is 14.7. The lowest BCUT2D eigenvalue weighted by Gasteiger charge is -2.10. The molecule has 0 spiro atoms. The highest BCUT2D eigenvalue weighted by Gasteiger charge is 2.19. The Balaban J connectivity index is 2.42. The molecule has 2 rings (SSSR count). The van der Waals surface area contributed by atoms with Crippen LogP contribution in [0, 0.1) is 35.3 Å². The Kier molecular flexibility index (Phi) is 3.67. The number of hydrogen-bond donors (Lipinski definition) is 0. The van der Waals surface area contributed by atoms with Crippen molar-refractivity contribution in [1.29, 1.82) is 5.26 Å². The summed E-state index contributed by atoms with van der Waals surface area (Å²) in [6.45, 7) is 3.56. The van der Waals surface area contributed by atoms with E-state index in [4.69, 9.17) is 10.00 Å². The molecule has 5 nitrogen and oxygen atoms in total. The average Bonchev–Trinajstić information content (AvgIpc) is 2.42. The third-order valence-corrected chi connectivity index (χ3v) is 2.80. The fourth-order valence-electron chi connectivity index (χ4n) is 1.92. The normalized spacial score (nSPS) is 9.85. The SMILES string of the molecule is Cc1cc(C)c(Oc2ccc(C#N)cc2)c([N+](=O)[O-])c1. The molecule has 0 aromatic heterocycles. The van der Waals surface area contributed by atoms with Crippen molar-refractivity contribution in [3.8, 4) is 17.6 Å². The van der Waals surface area contributed by atoms with Crippen molar-refractivity contribution >= 4 is 5.69 Å². The van der Waals surface area contributed by atoms with E-state index in [1.54, 1.807) is 38.1 Å². The summed E-state index contributed by atoms with van der Waals surface area (Å²) in [5.74, 6) is 0.685. The molecule has 0 aliphatic heterocycles. The Labute approximate surface area is 116 Å². The van der Waals surface area contributed by atoms with Gasteiger partial charge in [0.25, 0.3) is 0 Å². The zero-order valence-electron chi connectivity index (χ0n) is 11.1. The van der Waals surface area contributed by atoms with Crippen LogP contribution >= 0.6 is 0 Å². The molecule has 0 saturated heterocycles. The van der Waals surface area contributed by atoms with E-state index in [-0.39, 0.29) is 11.4 Å². The van der Waals surface area contributed by atoms with E-state index in [1.807, 2.05) is 12.1 Å². The summed E-state index contributed by atoms with van der Waals surface area (Å²) in [7, 11) is 0. The van der Waals surface area contributed by atoms with Gasteiger partial charge < -0.3 is 4.74 Å². The van der Waals surface area contributed by atoms with Crippen molar-refractivity contribution in [3.63, 3.8) is 0 Å². The number of aryl methyl sites for hydroxylation is 2. The fourth-order valence-corrected chi connectivity index (χ4v) is 1.92. The number of nitro groups is 1. The van der Waals surface area contributed by atoms with Crippen LogP contribution in [0.2, 0.25) is 0 Å². The number of hydrogen-bond acceptors (Lipinski definition) is 4. The summed E-state index contributed by atoms with van der Waals surface area (Å²) < 4.78 is 5.60. The lowest BCUT2D eigenvalue weighted by molar-refractivity contribution is -0.385. The summed E-state index contributed by atoms with van der Waals surface area (Å²) in [5.41, 5.74) is 1.95. The highest BCUT2D eigenvalue weighted by molar-refractivity contribution is 5.55. The molecular formula is C15H12N2O3. The molecule has 100 valence electrons. The van der Waals surface area contributed by atoms with E-state index in [9.17, 15) is 10.1 Å². The molecule has 20 heavy (non-hydrogen) atoms. The Morgan fingerprint density at radius 1 is 1.20 bits per heavy atom. The number of rotatable bonds is 3. The second kappa shape index (κ2) is 5.41. The lowest BCUT2D eigenvalue weighted by Crippen LogP contribution is -1.97. The molecular weight excluding hydrogens is 256 g/mol. The van der Waals surface area contributed by atoms with Crippen molar-refractivity contribution in [2.75, 3.05) is 0 Å². The molecule has 0 unspecified atom stereocenters. The first-order valence-corrected chi connectivity index (χ1v) is 5.95. The van der Waals surface area contributed by atoms with Crippen LogP contribution < -0.4 is 4.74 Å². The van der Waals surface area contributed by atoms with Gasteiger partial charge in [-0.25, -0.2) is 0 Å². The van der Waals surface area contributed by atoms with Gasteiger partial charge in [-0.2, -0.15) is 5.26 Å². The first kappa shape index (κ1) is 13.6. The Morgan fingerprint density at radius 2 is 1.85 bits per heavy atom. The molecule has 0 aliphatic rings. The maximum Gasteiger partial charge on any atom is 0.312 e. The molecule has 0 bridgehead atoms. The number of nitrogens with zero attached hydrogens (tertiary/aromatic N) is 2. The second-order valence-corrected chi connectivity index (χ2v) is 4.43. The van der Waals surface area contributed by atoms with E-state index in [2.05, 4.69) is 0 Å². The Morgan fingerprint density at radius 3 is 2.40 bits per heavy atom. The van der Waals surface area contributed by atoms with E-state index in [0.29, 0.717) is 16.9 Å². The van der Waals surface area contributed by atoms with Gasteiger partial charge in [0.2, 0.25) is 5.75 Å². The van der Waals surface area contributed by atoms with E-state index < -0.39 is 4.92 Å². The number of nitro benzene ring substituents is 1. The molecule has 5 heteroatoms. The molecule has 2 aromatic rings. The van der Waals surface area contributed by atoms with Crippen molar-refractivity contribution in [1.82, 2.24) is 0 Å². The smallest absolute Gasteiger partial charge is 0.312 e. The van der Waals surface area contributed by atoms with Crippen LogP contribution in [0.3, 0.4) is 0 Å². The van der Waals surface area contributed by atoms with Crippen LogP contribution in [0.5, 0.6) is 11.5 Å². The predicted octanol–water partition coefficient (Wildman–Crippen LogP) is 3.88. The standard InChI is InChI=1S/C15H12N2O3/c1-10-7-11(2)15(14(8-10)17(18)19)20-13-5-3-12(9-16)4-6-13/h3-8H,1-2H3. The number of ether oxygens (including phenoxy) is 1. The largest absolute Gasteiger partial charge is 0.450 e. The quantitative estimate of drug-likeness (QED) is 0.625. The maximum atomic E-state index is 11.1. The topological polar surface area (TPSA) is 76.2 Å². The third-order valence-electron chi connectivity index (χ3n) is 2.80. The molecule has 0 atom stereocenters. The van der Waals surface area contributed by atoms with Crippen LogP contribution in [0.25, 0.3) is 0 Å². The Bertz CT molecular complexity index is 700. The number of nitriles is 1. The molecule has 0 radical (unpaired) electrons. The van der Waals surface area contributed by atoms with Gasteiger partial charge in [-0.05, 0) is 49.2 Å². The lowest BCUT2D eigenvalue weighted by atomic mass is 10.1.